The molecule has 0 radical (unpaired) electrons. The van der Waals surface area contributed by atoms with Gasteiger partial charge in [-0.25, -0.2) is 4.99 Å². The van der Waals surface area contributed by atoms with E-state index in [4.69, 9.17) is 14.5 Å². The monoisotopic (exact) mass is 522 g/mol. The number of carbonyl (C=O) groups excluding carboxylic acids is 2. The largest absolute Gasteiger partial charge is 0.353 e. The summed E-state index contributed by atoms with van der Waals surface area (Å²) in [5.74, 6) is -0.732. The number of nitrogens with one attached hydrogen (secondary N) is 2. The molecule has 198 valence electrons. The highest BCUT2D eigenvalue weighted by Gasteiger charge is 2.33. The molecule has 8 heteroatoms. The maximum atomic E-state index is 14.0. The number of aliphatic imine (C=N–C) groups is 1. The van der Waals surface area contributed by atoms with Crippen LogP contribution in [-0.4, -0.2) is 54.7 Å². The number of rotatable bonds is 7. The first kappa shape index (κ1) is 25.0. The van der Waals surface area contributed by atoms with Gasteiger partial charge in [0.1, 0.15) is 5.69 Å². The van der Waals surface area contributed by atoms with Crippen LogP contribution >= 0.6 is 0 Å². The number of hydrogen-bond donors (Lipinski definition) is 2. The zero-order valence-corrected chi connectivity index (χ0v) is 21.5. The van der Waals surface area contributed by atoms with Crippen molar-refractivity contribution in [2.24, 2.45) is 4.99 Å². The first-order valence-electron chi connectivity index (χ1n) is 13.3. The number of benzodiazepines with no additional fused rings is 1. The minimum Gasteiger partial charge on any atom is -0.353 e. The fourth-order valence-corrected chi connectivity index (χ4v) is 5.10. The van der Waals surface area contributed by atoms with E-state index in [0.717, 1.165) is 47.0 Å². The molecule has 39 heavy (non-hydrogen) atoms. The summed E-state index contributed by atoms with van der Waals surface area (Å²) in [6.07, 6.45) is 1.55. The summed E-state index contributed by atoms with van der Waals surface area (Å²) in [5.41, 5.74) is 4.25. The molecule has 1 saturated heterocycles. The van der Waals surface area contributed by atoms with Crippen molar-refractivity contribution in [3.63, 3.8) is 0 Å². The third-order valence-electron chi connectivity index (χ3n) is 7.05. The van der Waals surface area contributed by atoms with Gasteiger partial charge in [-0.1, -0.05) is 66.7 Å². The van der Waals surface area contributed by atoms with Crippen molar-refractivity contribution in [3.05, 3.63) is 102 Å². The van der Waals surface area contributed by atoms with Crippen LogP contribution in [0.15, 0.2) is 89.9 Å². The number of anilines is 1. The zero-order chi connectivity index (χ0) is 26.6. The van der Waals surface area contributed by atoms with Crippen molar-refractivity contribution in [1.82, 2.24) is 10.3 Å². The third-order valence-corrected chi connectivity index (χ3v) is 7.05. The van der Waals surface area contributed by atoms with Gasteiger partial charge < -0.3 is 24.7 Å². The highest BCUT2D eigenvalue weighted by molar-refractivity contribution is 6.20. The van der Waals surface area contributed by atoms with Crippen molar-refractivity contribution < 1.29 is 19.1 Å². The Balaban J connectivity index is 1.33. The van der Waals surface area contributed by atoms with Crippen LogP contribution in [0, 0.1) is 0 Å². The molecule has 4 aromatic rings. The molecule has 2 aliphatic rings. The van der Waals surface area contributed by atoms with E-state index >= 15 is 0 Å². The normalized spacial score (nSPS) is 19.3. The predicted octanol–water partition coefficient (Wildman–Crippen LogP) is 4.65. The Hall–Kier alpha value is -4.27. The van der Waals surface area contributed by atoms with E-state index in [1.54, 1.807) is 11.0 Å². The molecule has 2 atom stereocenters. The molecule has 2 N–H and O–H groups in total. The summed E-state index contributed by atoms with van der Waals surface area (Å²) < 4.78 is 11.7. The van der Waals surface area contributed by atoms with E-state index in [2.05, 4.69) is 10.3 Å². The molecule has 0 spiro atoms. The van der Waals surface area contributed by atoms with E-state index in [1.165, 1.54) is 0 Å². The van der Waals surface area contributed by atoms with Crippen LogP contribution in [0.5, 0.6) is 0 Å². The van der Waals surface area contributed by atoms with Gasteiger partial charge >= 0.3 is 0 Å². The fraction of sp³-hybridized carbons (Fsp3) is 0.258. The Morgan fingerprint density at radius 1 is 1.03 bits per heavy atom. The van der Waals surface area contributed by atoms with Gasteiger partial charge in [-0.15, -0.1) is 0 Å². The first-order chi connectivity index (χ1) is 19.2. The molecule has 2 aliphatic heterocycles. The lowest BCUT2D eigenvalue weighted by Crippen LogP contribution is -2.48. The van der Waals surface area contributed by atoms with Crippen molar-refractivity contribution in [2.75, 3.05) is 24.7 Å². The van der Waals surface area contributed by atoms with Crippen LogP contribution in [0.4, 0.5) is 5.69 Å². The minimum atomic E-state index is -1.13. The summed E-state index contributed by atoms with van der Waals surface area (Å²) >= 11 is 0. The summed E-state index contributed by atoms with van der Waals surface area (Å²) in [5, 5.41) is 3.79. The SMILES string of the molecule is O=C(NC1N=C(c2ccccc2)c2ccccc2N(CCOC2CCCCO2)C1=O)c1cc2ccccc2[nH]1. The fourth-order valence-electron chi connectivity index (χ4n) is 5.10. The molecule has 2 amide bonds. The van der Waals surface area contributed by atoms with E-state index in [9.17, 15) is 9.59 Å². The molecular formula is C31H30N4O4. The van der Waals surface area contributed by atoms with Gasteiger partial charge in [0, 0.05) is 35.2 Å². The Kier molecular flexibility index (Phi) is 7.21. The molecular weight excluding hydrogens is 492 g/mol. The average molecular weight is 523 g/mol. The summed E-state index contributed by atoms with van der Waals surface area (Å²) in [4.78, 5) is 37.0. The smallest absolute Gasteiger partial charge is 0.272 e. The second-order valence-electron chi connectivity index (χ2n) is 9.66. The summed E-state index contributed by atoms with van der Waals surface area (Å²) in [6, 6.07) is 26.8. The Morgan fingerprint density at radius 2 is 1.82 bits per heavy atom. The Bertz CT molecular complexity index is 1470. The Labute approximate surface area is 226 Å². The lowest BCUT2D eigenvalue weighted by atomic mass is 10.0. The van der Waals surface area contributed by atoms with E-state index in [1.807, 2.05) is 78.9 Å². The van der Waals surface area contributed by atoms with Gasteiger partial charge in [-0.3, -0.25) is 9.59 Å². The average Bonchev–Trinajstić information content (AvgIpc) is 3.39. The lowest BCUT2D eigenvalue weighted by Gasteiger charge is -2.27. The van der Waals surface area contributed by atoms with Crippen molar-refractivity contribution >= 4 is 34.1 Å². The predicted molar refractivity (Wildman–Crippen MR) is 150 cm³/mol. The molecule has 0 bridgehead atoms. The van der Waals surface area contributed by atoms with Gasteiger partial charge in [0.2, 0.25) is 6.17 Å². The van der Waals surface area contributed by atoms with Crippen LogP contribution in [0.25, 0.3) is 10.9 Å². The number of amides is 2. The molecule has 1 fully saturated rings. The van der Waals surface area contributed by atoms with Crippen LogP contribution in [0.3, 0.4) is 0 Å². The summed E-state index contributed by atoms with van der Waals surface area (Å²) in [7, 11) is 0. The number of hydrogen-bond acceptors (Lipinski definition) is 5. The molecule has 3 aromatic carbocycles. The van der Waals surface area contributed by atoms with Crippen molar-refractivity contribution in [2.45, 2.75) is 31.7 Å². The maximum absolute atomic E-state index is 14.0. The Morgan fingerprint density at radius 3 is 2.64 bits per heavy atom. The number of aromatic nitrogens is 1. The number of aromatic amines is 1. The van der Waals surface area contributed by atoms with Crippen LogP contribution in [0.2, 0.25) is 0 Å². The van der Waals surface area contributed by atoms with Crippen LogP contribution in [0.1, 0.15) is 40.9 Å². The number of ether oxygens (including phenoxy) is 2. The molecule has 0 aliphatic carbocycles. The number of nitrogens with zero attached hydrogens (tertiary/aromatic N) is 2. The standard InChI is InChI=1S/C31H30N4O4/c36-30(25-20-22-12-4-6-14-24(22)32-25)34-29-31(37)35(17-19-39-27-16-8-9-18-38-27)26-15-7-5-13-23(26)28(33-29)21-10-2-1-3-11-21/h1-7,10-15,20,27,29,32H,8-9,16-19H2,(H,34,36). The van der Waals surface area contributed by atoms with Crippen LogP contribution < -0.4 is 10.2 Å². The van der Waals surface area contributed by atoms with Gasteiger partial charge in [0.05, 0.1) is 18.0 Å². The number of fused-ring (bicyclic) bond motifs is 2. The maximum Gasteiger partial charge on any atom is 0.272 e. The molecule has 6 rings (SSSR count). The number of para-hydroxylation sites is 2. The number of benzene rings is 3. The second-order valence-corrected chi connectivity index (χ2v) is 9.66. The number of H-pyrrole nitrogens is 1. The third kappa shape index (κ3) is 5.34. The minimum absolute atomic E-state index is 0.260. The second kappa shape index (κ2) is 11.2. The first-order valence-corrected chi connectivity index (χ1v) is 13.3. The lowest BCUT2D eigenvalue weighted by molar-refractivity contribution is -0.161. The van der Waals surface area contributed by atoms with E-state index in [0.29, 0.717) is 31.2 Å². The topological polar surface area (TPSA) is 96.0 Å². The number of carbonyl (C=O) groups is 2. The van der Waals surface area contributed by atoms with E-state index in [-0.39, 0.29) is 12.2 Å². The molecule has 2 unspecified atom stereocenters. The van der Waals surface area contributed by atoms with Crippen molar-refractivity contribution in [3.8, 4) is 0 Å². The van der Waals surface area contributed by atoms with Gasteiger partial charge in [-0.2, -0.15) is 0 Å². The quantitative estimate of drug-likeness (QED) is 0.369. The molecule has 3 heterocycles. The van der Waals surface area contributed by atoms with E-state index < -0.39 is 12.1 Å². The molecule has 0 saturated carbocycles. The highest BCUT2D eigenvalue weighted by atomic mass is 16.7. The summed E-state index contributed by atoms with van der Waals surface area (Å²) in [6.45, 7) is 1.28. The highest BCUT2D eigenvalue weighted by Crippen LogP contribution is 2.28. The molecule has 8 nitrogen and oxygen atoms in total. The van der Waals surface area contributed by atoms with Gasteiger partial charge in [0.15, 0.2) is 6.29 Å². The molecule has 1 aromatic heterocycles. The van der Waals surface area contributed by atoms with Crippen molar-refractivity contribution in [1.29, 1.82) is 0 Å². The zero-order valence-electron chi connectivity index (χ0n) is 21.5. The van der Waals surface area contributed by atoms with Crippen LogP contribution in [-0.2, 0) is 14.3 Å². The van der Waals surface area contributed by atoms with Gasteiger partial charge in [-0.05, 0) is 37.5 Å². The van der Waals surface area contributed by atoms with Gasteiger partial charge in [0.25, 0.3) is 11.8 Å².